The summed E-state index contributed by atoms with van der Waals surface area (Å²) in [5.41, 5.74) is 2.15. The highest BCUT2D eigenvalue weighted by molar-refractivity contribution is 6.09. The van der Waals surface area contributed by atoms with Gasteiger partial charge in [0.15, 0.2) is 12.1 Å². The van der Waals surface area contributed by atoms with Crippen molar-refractivity contribution in [1.82, 2.24) is 0 Å². The summed E-state index contributed by atoms with van der Waals surface area (Å²) in [5.74, 6) is -0.205. The van der Waals surface area contributed by atoms with Crippen LogP contribution in [0.25, 0.3) is 0 Å². The van der Waals surface area contributed by atoms with E-state index in [1.807, 2.05) is 58.0 Å². The van der Waals surface area contributed by atoms with E-state index < -0.39 is 0 Å². The minimum atomic E-state index is -0.187. The smallest absolute Gasteiger partial charge is 0.193 e. The maximum Gasteiger partial charge on any atom is 0.193 e. The van der Waals surface area contributed by atoms with Crippen LogP contribution < -0.4 is 0 Å². The minimum absolute atomic E-state index is 0.0180. The Morgan fingerprint density at radius 1 is 0.923 bits per heavy atom. The molecule has 0 saturated heterocycles. The van der Waals surface area contributed by atoms with Crippen LogP contribution >= 0.6 is 0 Å². The van der Waals surface area contributed by atoms with Crippen molar-refractivity contribution in [2.24, 2.45) is 0 Å². The second kappa shape index (κ2) is 12.1. The average Bonchev–Trinajstić information content (AvgIpc) is 2.68. The second-order valence-electron chi connectivity index (χ2n) is 5.72. The molecule has 0 radical (unpaired) electrons. The largest absolute Gasteiger partial charge is 0.353 e. The molecule has 0 saturated carbocycles. The fourth-order valence-electron chi connectivity index (χ4n) is 2.32. The van der Waals surface area contributed by atoms with Gasteiger partial charge in [0.1, 0.15) is 6.29 Å². The summed E-state index contributed by atoms with van der Waals surface area (Å²) in [5, 5.41) is 0. The fourth-order valence-corrected chi connectivity index (χ4v) is 2.32. The SMILES string of the molecule is CC(C=O)c1cccc(C(=O)c2ccccc2)c1.CCOC(C)OCC. The molecule has 0 amide bonds. The third kappa shape index (κ3) is 7.30. The van der Waals surface area contributed by atoms with Crippen LogP contribution in [0, 0.1) is 0 Å². The number of carbonyl (C=O) groups is 2. The molecule has 0 fully saturated rings. The number of ketones is 1. The van der Waals surface area contributed by atoms with Crippen LogP contribution in [0.2, 0.25) is 0 Å². The minimum Gasteiger partial charge on any atom is -0.353 e. The first-order valence-electron chi connectivity index (χ1n) is 8.91. The molecule has 140 valence electrons. The molecule has 0 heterocycles. The van der Waals surface area contributed by atoms with Crippen LogP contribution in [0.15, 0.2) is 54.6 Å². The zero-order chi connectivity index (χ0) is 19.4. The molecule has 0 spiro atoms. The van der Waals surface area contributed by atoms with Crippen molar-refractivity contribution in [2.75, 3.05) is 13.2 Å². The summed E-state index contributed by atoms with van der Waals surface area (Å²) in [6.07, 6.45) is 0.844. The number of ether oxygens (including phenoxy) is 2. The van der Waals surface area contributed by atoms with Gasteiger partial charge >= 0.3 is 0 Å². The van der Waals surface area contributed by atoms with Crippen molar-refractivity contribution < 1.29 is 19.1 Å². The van der Waals surface area contributed by atoms with Crippen LogP contribution in [0.1, 0.15) is 55.1 Å². The van der Waals surface area contributed by atoms with Crippen molar-refractivity contribution >= 4 is 12.1 Å². The molecule has 0 aliphatic heterocycles. The molecule has 0 aliphatic carbocycles. The quantitative estimate of drug-likeness (QED) is 0.393. The number of rotatable bonds is 8. The Morgan fingerprint density at radius 3 is 2.04 bits per heavy atom. The first-order valence-corrected chi connectivity index (χ1v) is 8.91. The molecule has 26 heavy (non-hydrogen) atoms. The van der Waals surface area contributed by atoms with E-state index in [1.54, 1.807) is 24.3 Å². The summed E-state index contributed by atoms with van der Waals surface area (Å²) in [4.78, 5) is 23.0. The molecule has 4 nitrogen and oxygen atoms in total. The van der Waals surface area contributed by atoms with Gasteiger partial charge < -0.3 is 14.3 Å². The Balaban J connectivity index is 0.000000359. The molecule has 0 aliphatic rings. The van der Waals surface area contributed by atoms with Crippen molar-refractivity contribution in [3.05, 3.63) is 71.3 Å². The van der Waals surface area contributed by atoms with Gasteiger partial charge in [-0.05, 0) is 32.4 Å². The number of benzene rings is 2. The van der Waals surface area contributed by atoms with Gasteiger partial charge in [-0.15, -0.1) is 0 Å². The van der Waals surface area contributed by atoms with Crippen LogP contribution in [0.5, 0.6) is 0 Å². The molecular weight excluding hydrogens is 328 g/mol. The van der Waals surface area contributed by atoms with Crippen molar-refractivity contribution in [1.29, 1.82) is 0 Å². The molecule has 4 heteroatoms. The van der Waals surface area contributed by atoms with E-state index in [4.69, 9.17) is 9.47 Å². The predicted octanol–water partition coefficient (Wildman–Crippen LogP) is 4.63. The Hall–Kier alpha value is -2.30. The molecule has 0 N–H and O–H groups in total. The van der Waals surface area contributed by atoms with E-state index in [-0.39, 0.29) is 18.0 Å². The first-order chi connectivity index (χ1) is 12.5. The number of carbonyl (C=O) groups excluding carboxylic acids is 2. The Kier molecular flexibility index (Phi) is 10.1. The summed E-state index contributed by atoms with van der Waals surface area (Å²) >= 11 is 0. The molecule has 0 aromatic heterocycles. The summed E-state index contributed by atoms with van der Waals surface area (Å²) in [6.45, 7) is 9.07. The van der Waals surface area contributed by atoms with E-state index >= 15 is 0 Å². The highest BCUT2D eigenvalue weighted by Crippen LogP contribution is 2.17. The van der Waals surface area contributed by atoms with E-state index in [0.717, 1.165) is 25.1 Å². The van der Waals surface area contributed by atoms with Gasteiger partial charge in [-0.2, -0.15) is 0 Å². The van der Waals surface area contributed by atoms with Crippen LogP contribution in [-0.4, -0.2) is 31.6 Å². The van der Waals surface area contributed by atoms with Crippen LogP contribution in [-0.2, 0) is 14.3 Å². The topological polar surface area (TPSA) is 52.6 Å². The van der Waals surface area contributed by atoms with E-state index in [9.17, 15) is 9.59 Å². The zero-order valence-electron chi connectivity index (χ0n) is 16.0. The highest BCUT2D eigenvalue weighted by atomic mass is 16.7. The molecule has 0 bridgehead atoms. The average molecular weight is 356 g/mol. The number of hydrogen-bond acceptors (Lipinski definition) is 4. The lowest BCUT2D eigenvalue weighted by atomic mass is 9.96. The lowest BCUT2D eigenvalue weighted by Crippen LogP contribution is -2.11. The van der Waals surface area contributed by atoms with Gasteiger partial charge in [-0.25, -0.2) is 0 Å². The molecule has 1 unspecified atom stereocenters. The van der Waals surface area contributed by atoms with Crippen molar-refractivity contribution in [2.45, 2.75) is 39.9 Å². The number of aldehydes is 1. The molecule has 2 rings (SSSR count). The standard InChI is InChI=1S/C16H14O2.C6H14O2/c1-12(11-17)14-8-5-9-15(10-14)16(18)13-6-3-2-4-7-13;1-4-7-6(3)8-5-2/h2-12H,1H3;6H,4-5H2,1-3H3. The normalized spacial score (nSPS) is 11.4. The Bertz CT molecular complexity index is 661. The van der Waals surface area contributed by atoms with E-state index in [2.05, 4.69) is 0 Å². The van der Waals surface area contributed by atoms with Gasteiger partial charge in [0.2, 0.25) is 0 Å². The van der Waals surface area contributed by atoms with Crippen LogP contribution in [0.4, 0.5) is 0 Å². The Morgan fingerprint density at radius 2 is 1.50 bits per heavy atom. The van der Waals surface area contributed by atoms with Crippen molar-refractivity contribution in [3.8, 4) is 0 Å². The molecule has 2 aromatic rings. The summed E-state index contributed by atoms with van der Waals surface area (Å²) < 4.78 is 10.1. The molecule has 1 atom stereocenters. The van der Waals surface area contributed by atoms with Gasteiger partial charge in [0.05, 0.1) is 0 Å². The third-order valence-electron chi connectivity index (χ3n) is 3.72. The van der Waals surface area contributed by atoms with E-state index in [1.165, 1.54) is 0 Å². The zero-order valence-corrected chi connectivity index (χ0v) is 16.0. The maximum absolute atomic E-state index is 12.2. The van der Waals surface area contributed by atoms with Crippen molar-refractivity contribution in [3.63, 3.8) is 0 Å². The summed E-state index contributed by atoms with van der Waals surface area (Å²) in [6, 6.07) is 16.4. The molecular formula is C22H28O4. The monoisotopic (exact) mass is 356 g/mol. The van der Waals surface area contributed by atoms with Gasteiger partial charge in [-0.3, -0.25) is 4.79 Å². The van der Waals surface area contributed by atoms with Gasteiger partial charge in [0, 0.05) is 30.3 Å². The lowest BCUT2D eigenvalue weighted by molar-refractivity contribution is -0.123. The first kappa shape index (κ1) is 21.7. The fraction of sp³-hybridized carbons (Fsp3) is 0.364. The maximum atomic E-state index is 12.2. The van der Waals surface area contributed by atoms with E-state index in [0.29, 0.717) is 11.1 Å². The Labute approximate surface area is 156 Å². The van der Waals surface area contributed by atoms with Crippen LogP contribution in [0.3, 0.4) is 0 Å². The van der Waals surface area contributed by atoms with Gasteiger partial charge in [0.25, 0.3) is 0 Å². The van der Waals surface area contributed by atoms with Gasteiger partial charge in [-0.1, -0.05) is 55.5 Å². The predicted molar refractivity (Wildman–Crippen MR) is 104 cm³/mol. The molecule has 2 aromatic carbocycles. The second-order valence-corrected chi connectivity index (χ2v) is 5.72. The third-order valence-corrected chi connectivity index (χ3v) is 3.72. The highest BCUT2D eigenvalue weighted by Gasteiger charge is 2.11. The summed E-state index contributed by atoms with van der Waals surface area (Å²) in [7, 11) is 0. The lowest BCUT2D eigenvalue weighted by Gasteiger charge is -2.09. The number of hydrogen-bond donors (Lipinski definition) is 0.